The zero-order valence-electron chi connectivity index (χ0n) is 47.8. The number of nitrogen functional groups attached to an aromatic ring is 3. The maximum atomic E-state index is 12.1. The van der Waals surface area contributed by atoms with Crippen LogP contribution < -0.4 is 61.0 Å². The Bertz CT molecular complexity index is 3410. The van der Waals surface area contributed by atoms with Crippen molar-refractivity contribution in [1.82, 2.24) is 69.4 Å². The number of hydrogen-bond donors (Lipinski definition) is 9. The van der Waals surface area contributed by atoms with Gasteiger partial charge in [0, 0.05) is 73.1 Å². The van der Waals surface area contributed by atoms with Crippen LogP contribution in [-0.2, 0) is 0 Å². The molecule has 414 valence electrons. The number of nitrogens with two attached hydrogens (primary N) is 3. The molecule has 21 nitrogen and oxygen atoms in total. The van der Waals surface area contributed by atoms with Gasteiger partial charge in [0.05, 0.1) is 53.6 Å². The van der Waals surface area contributed by atoms with E-state index in [1.165, 1.54) is 21.7 Å². The van der Waals surface area contributed by atoms with Gasteiger partial charge >= 0.3 is 11.4 Å². The molecule has 6 heterocycles. The molecule has 0 aliphatic heterocycles. The number of H-pyrrole nitrogens is 2. The SMILES string of the molecule is CC(C)NCC#Cc1cn(C(C)C)c(=O)[nH]c1=O.CC(C)NCC#Cc1cn(C(C)C)c(=O)nc1N.CC(C)NCC#Cc1cn(C(C)C)c2nc(N)[nH]c(=O)c12.CC(C)NCC#Cc1cn(C(C)C)c2ncnc(N)c12. The second-order valence-electron chi connectivity index (χ2n) is 20.2. The number of anilines is 3. The maximum Gasteiger partial charge on any atom is 0.349 e. The molecule has 0 aromatic carbocycles. The minimum Gasteiger partial charge on any atom is -0.383 e. The molecule has 0 amide bonds. The van der Waals surface area contributed by atoms with Crippen molar-refractivity contribution >= 4 is 39.7 Å². The summed E-state index contributed by atoms with van der Waals surface area (Å²) in [5.74, 6) is 24.7. The third-order valence-corrected chi connectivity index (χ3v) is 10.8. The Balaban J connectivity index is 0.000000271. The number of hydrogen-bond acceptors (Lipinski definition) is 15. The largest absolute Gasteiger partial charge is 0.383 e. The Hall–Kier alpha value is -7.92. The lowest BCUT2D eigenvalue weighted by Crippen LogP contribution is -2.32. The lowest BCUT2D eigenvalue weighted by atomic mass is 10.2. The van der Waals surface area contributed by atoms with Crippen LogP contribution in [0.3, 0.4) is 0 Å². The molecule has 0 unspecified atom stereocenters. The van der Waals surface area contributed by atoms with E-state index in [0.29, 0.717) is 89.9 Å². The fraction of sp³-hybridized carbons (Fsp3) is 0.500. The Labute approximate surface area is 452 Å². The molecule has 0 spiro atoms. The van der Waals surface area contributed by atoms with Crippen molar-refractivity contribution in [2.75, 3.05) is 43.4 Å². The minimum atomic E-state index is -0.436. The fourth-order valence-corrected chi connectivity index (χ4v) is 6.74. The molecular weight excluding hydrogens is 975 g/mol. The van der Waals surface area contributed by atoms with Gasteiger partial charge in [-0.1, -0.05) is 47.4 Å². The molecule has 0 saturated carbocycles. The summed E-state index contributed by atoms with van der Waals surface area (Å²) in [5, 5.41) is 14.1. The highest BCUT2D eigenvalue weighted by Crippen LogP contribution is 2.26. The third-order valence-electron chi connectivity index (χ3n) is 10.8. The van der Waals surface area contributed by atoms with Crippen LogP contribution in [-0.4, -0.2) is 98.5 Å². The van der Waals surface area contributed by atoms with Crippen molar-refractivity contribution in [3.63, 3.8) is 0 Å². The van der Waals surface area contributed by atoms with E-state index in [2.05, 4.69) is 158 Å². The van der Waals surface area contributed by atoms with Gasteiger partial charge in [0.25, 0.3) is 11.1 Å². The first-order valence-corrected chi connectivity index (χ1v) is 25.9. The topological polar surface area (TPSA) is 297 Å². The molecule has 0 fully saturated rings. The van der Waals surface area contributed by atoms with Crippen molar-refractivity contribution in [3.05, 3.63) is 95.0 Å². The number of aromatic amines is 2. The van der Waals surface area contributed by atoms with Gasteiger partial charge < -0.3 is 47.6 Å². The zero-order chi connectivity index (χ0) is 57.7. The summed E-state index contributed by atoms with van der Waals surface area (Å²) in [6, 6.07) is 2.04. The van der Waals surface area contributed by atoms with Crippen LogP contribution in [0, 0.1) is 47.4 Å². The standard InChI is InChI=1S/C15H21N5O.C15H21N5.C13H20N4O.C13H19N3O2/c1-9(2)17-7-5-6-11-8-20(10(3)4)13-12(11)14(21)19-15(16)18-13;1-10(2)17-7-5-6-12-8-20(11(3)4)15-13(12)14(16)18-9-19-15;1-9(2)15-7-5-6-11-8-17(10(3)4)13(18)16-12(11)14;1-9(2)14-7-5-6-11-8-16(10(3)4)13(18)15-12(11)17/h8-10,17H,7H2,1-4H3,(H3,16,18,19,21);8-11,17H,7H2,1-4H3,(H2,16,18,19);8-10,15H,7H2,1-4H3,(H2,14,16,18);8-10,14H,7H2,1-4H3,(H,15,17,18). The van der Waals surface area contributed by atoms with E-state index in [9.17, 15) is 19.2 Å². The highest BCUT2D eigenvalue weighted by Gasteiger charge is 2.16. The molecule has 12 N–H and O–H groups in total. The van der Waals surface area contributed by atoms with Crippen LogP contribution in [0.25, 0.3) is 22.1 Å². The first kappa shape index (κ1) is 63.4. The molecule has 6 rings (SSSR count). The number of nitrogens with one attached hydrogen (secondary N) is 6. The summed E-state index contributed by atoms with van der Waals surface area (Å²) >= 11 is 0. The molecule has 0 aliphatic rings. The highest BCUT2D eigenvalue weighted by atomic mass is 16.2. The van der Waals surface area contributed by atoms with Crippen molar-refractivity contribution in [2.24, 2.45) is 0 Å². The Kier molecular flexibility index (Phi) is 25.2. The Morgan fingerprint density at radius 2 is 0.857 bits per heavy atom. The predicted molar refractivity (Wildman–Crippen MR) is 313 cm³/mol. The van der Waals surface area contributed by atoms with E-state index < -0.39 is 11.2 Å². The average Bonchev–Trinajstić information content (AvgIpc) is 3.91. The molecule has 0 bridgehead atoms. The van der Waals surface area contributed by atoms with Gasteiger partial charge in [0.2, 0.25) is 5.95 Å². The van der Waals surface area contributed by atoms with Crippen LogP contribution in [0.1, 0.15) is 157 Å². The van der Waals surface area contributed by atoms with E-state index in [1.54, 1.807) is 6.20 Å². The van der Waals surface area contributed by atoms with Gasteiger partial charge in [-0.05, 0) is 111 Å². The van der Waals surface area contributed by atoms with E-state index >= 15 is 0 Å². The normalized spacial score (nSPS) is 10.9. The Morgan fingerprint density at radius 1 is 0.455 bits per heavy atom. The number of nitrogens with zero attached hydrogens (tertiary/aromatic N) is 8. The van der Waals surface area contributed by atoms with E-state index in [4.69, 9.17) is 17.2 Å². The number of fused-ring (bicyclic) bond motifs is 2. The first-order chi connectivity index (χ1) is 36.2. The maximum absolute atomic E-state index is 12.1. The van der Waals surface area contributed by atoms with E-state index in [-0.39, 0.29) is 41.1 Å². The first-order valence-electron chi connectivity index (χ1n) is 25.9. The molecular formula is C56H81N17O4. The average molecular weight is 1060 g/mol. The lowest BCUT2D eigenvalue weighted by molar-refractivity contribution is 0.560. The molecule has 77 heavy (non-hydrogen) atoms. The number of rotatable bonds is 12. The fourth-order valence-electron chi connectivity index (χ4n) is 6.74. The van der Waals surface area contributed by atoms with Crippen molar-refractivity contribution < 1.29 is 0 Å². The van der Waals surface area contributed by atoms with Crippen molar-refractivity contribution in [1.29, 1.82) is 0 Å². The van der Waals surface area contributed by atoms with Gasteiger partial charge in [-0.3, -0.25) is 28.7 Å². The molecule has 0 saturated heterocycles. The summed E-state index contributed by atoms with van der Waals surface area (Å²) in [5.41, 5.74) is 19.8. The monoisotopic (exact) mass is 1060 g/mol. The second kappa shape index (κ2) is 30.6. The molecule has 21 heteroatoms. The number of aromatic nitrogens is 10. The van der Waals surface area contributed by atoms with Gasteiger partial charge in [0.15, 0.2) is 5.65 Å². The van der Waals surface area contributed by atoms with Crippen LogP contribution >= 0.6 is 0 Å². The quantitative estimate of drug-likeness (QED) is 0.0768. The van der Waals surface area contributed by atoms with Gasteiger partial charge in [-0.25, -0.2) is 19.6 Å². The van der Waals surface area contributed by atoms with Crippen molar-refractivity contribution in [3.8, 4) is 47.4 Å². The molecule has 0 atom stereocenters. The minimum absolute atomic E-state index is 0.0105. The molecule has 0 aliphatic carbocycles. The molecule has 6 aromatic rings. The summed E-state index contributed by atoms with van der Waals surface area (Å²) in [4.78, 5) is 67.9. The zero-order valence-corrected chi connectivity index (χ0v) is 47.8. The van der Waals surface area contributed by atoms with Crippen molar-refractivity contribution in [2.45, 2.75) is 159 Å². The van der Waals surface area contributed by atoms with Gasteiger partial charge in [-0.15, -0.1) is 0 Å². The smallest absolute Gasteiger partial charge is 0.349 e. The second-order valence-corrected chi connectivity index (χ2v) is 20.2. The summed E-state index contributed by atoms with van der Waals surface area (Å²) in [7, 11) is 0. The van der Waals surface area contributed by atoms with Crippen LogP contribution in [0.2, 0.25) is 0 Å². The highest BCUT2D eigenvalue weighted by molar-refractivity contribution is 5.92. The van der Waals surface area contributed by atoms with Gasteiger partial charge in [-0.2, -0.15) is 9.97 Å². The summed E-state index contributed by atoms with van der Waals surface area (Å²) in [6.45, 7) is 34.6. The summed E-state index contributed by atoms with van der Waals surface area (Å²) < 4.78 is 6.98. The summed E-state index contributed by atoms with van der Waals surface area (Å²) in [6.07, 6.45) is 8.53. The predicted octanol–water partition coefficient (Wildman–Crippen LogP) is 4.40. The molecule has 6 aromatic heterocycles. The lowest BCUT2D eigenvalue weighted by Gasteiger charge is -2.09. The van der Waals surface area contributed by atoms with Crippen LogP contribution in [0.15, 0.2) is 50.3 Å². The van der Waals surface area contributed by atoms with Gasteiger partial charge in [0.1, 0.15) is 29.2 Å². The van der Waals surface area contributed by atoms with Crippen LogP contribution in [0.4, 0.5) is 17.6 Å². The third kappa shape index (κ3) is 19.9. The van der Waals surface area contributed by atoms with E-state index in [1.807, 2.05) is 72.4 Å². The Morgan fingerprint density at radius 3 is 1.31 bits per heavy atom. The van der Waals surface area contributed by atoms with E-state index in [0.717, 1.165) is 16.6 Å². The molecule has 0 radical (unpaired) electrons. The van der Waals surface area contributed by atoms with Crippen LogP contribution in [0.5, 0.6) is 0 Å².